The Morgan fingerprint density at radius 3 is 2.62 bits per heavy atom. The number of amides is 1. The topological polar surface area (TPSA) is 57.7 Å². The van der Waals surface area contributed by atoms with Gasteiger partial charge in [-0.1, -0.05) is 15.9 Å². The van der Waals surface area contributed by atoms with Crippen molar-refractivity contribution in [2.45, 2.75) is 45.6 Å². The second kappa shape index (κ2) is 8.67. The van der Waals surface area contributed by atoms with Gasteiger partial charge in [-0.2, -0.15) is 0 Å². The van der Waals surface area contributed by atoms with E-state index in [9.17, 15) is 4.79 Å². The van der Waals surface area contributed by atoms with E-state index >= 15 is 0 Å². The summed E-state index contributed by atoms with van der Waals surface area (Å²) in [6.07, 6.45) is 5.36. The van der Waals surface area contributed by atoms with Crippen molar-refractivity contribution in [3.63, 3.8) is 0 Å². The van der Waals surface area contributed by atoms with Crippen LogP contribution in [0.1, 0.15) is 48.5 Å². The molecular weight excluding hydrogens is 468 g/mol. The second-order valence-electron chi connectivity index (χ2n) is 9.62. The van der Waals surface area contributed by atoms with Crippen LogP contribution in [0.3, 0.4) is 0 Å². The standard InChI is InChI=1S/C25H31BrN4O2/c1-17-13-22(27-23(14-17)30-11-12-32-18(2)16-30)28-24(31)20-4-3-19(26)15-21(20)29-9-7-25(5-6-25)8-10-29/h3-4,13-15,18H,5-12,16H2,1-2H3,(H,27,28,31)/t18-/m1/s1. The molecule has 1 atom stereocenters. The van der Waals surface area contributed by atoms with Gasteiger partial charge >= 0.3 is 0 Å². The number of nitrogens with zero attached hydrogens (tertiary/aromatic N) is 3. The van der Waals surface area contributed by atoms with Gasteiger partial charge in [-0.3, -0.25) is 4.79 Å². The number of halogens is 1. The van der Waals surface area contributed by atoms with E-state index in [2.05, 4.69) is 50.1 Å². The highest BCUT2D eigenvalue weighted by Crippen LogP contribution is 2.54. The van der Waals surface area contributed by atoms with E-state index < -0.39 is 0 Å². The van der Waals surface area contributed by atoms with Crippen LogP contribution in [0.5, 0.6) is 0 Å². The van der Waals surface area contributed by atoms with Gasteiger partial charge < -0.3 is 19.9 Å². The number of hydrogen-bond donors (Lipinski definition) is 1. The molecule has 1 aliphatic carbocycles. The Hall–Kier alpha value is -2.12. The average Bonchev–Trinajstić information content (AvgIpc) is 3.52. The normalized spacial score (nSPS) is 22.2. The molecule has 2 aromatic rings. The monoisotopic (exact) mass is 498 g/mol. The molecule has 1 aromatic carbocycles. The zero-order valence-corrected chi connectivity index (χ0v) is 20.5. The molecule has 170 valence electrons. The van der Waals surface area contributed by atoms with Gasteiger partial charge in [-0.15, -0.1) is 0 Å². The van der Waals surface area contributed by atoms with Crippen LogP contribution in [-0.4, -0.2) is 49.8 Å². The van der Waals surface area contributed by atoms with E-state index in [1.807, 2.05) is 25.1 Å². The maximum Gasteiger partial charge on any atom is 0.258 e. The maximum absolute atomic E-state index is 13.4. The number of carbonyl (C=O) groups is 1. The number of morpholine rings is 1. The molecule has 0 unspecified atom stereocenters. The van der Waals surface area contributed by atoms with Crippen LogP contribution < -0.4 is 15.1 Å². The summed E-state index contributed by atoms with van der Waals surface area (Å²) < 4.78 is 6.66. The van der Waals surface area contributed by atoms with Crippen molar-refractivity contribution < 1.29 is 9.53 Å². The number of pyridine rings is 1. The lowest BCUT2D eigenvalue weighted by atomic mass is 9.93. The van der Waals surface area contributed by atoms with Crippen LogP contribution >= 0.6 is 15.9 Å². The van der Waals surface area contributed by atoms with Crippen LogP contribution in [0.15, 0.2) is 34.8 Å². The number of rotatable bonds is 4. The van der Waals surface area contributed by atoms with Crippen LogP contribution in [0.25, 0.3) is 0 Å². The lowest BCUT2D eigenvalue weighted by molar-refractivity contribution is 0.0529. The van der Waals surface area contributed by atoms with Crippen LogP contribution in [0, 0.1) is 12.3 Å². The van der Waals surface area contributed by atoms with Gasteiger partial charge in [0.05, 0.1) is 24.0 Å². The van der Waals surface area contributed by atoms with Gasteiger partial charge in [0.25, 0.3) is 5.91 Å². The highest BCUT2D eigenvalue weighted by atomic mass is 79.9. The first-order chi connectivity index (χ1) is 15.4. The summed E-state index contributed by atoms with van der Waals surface area (Å²) in [5.41, 5.74) is 3.38. The third kappa shape index (κ3) is 4.64. The van der Waals surface area contributed by atoms with Crippen molar-refractivity contribution in [1.29, 1.82) is 0 Å². The van der Waals surface area contributed by atoms with Crippen molar-refractivity contribution in [3.05, 3.63) is 45.9 Å². The molecule has 3 heterocycles. The maximum atomic E-state index is 13.4. The van der Waals surface area contributed by atoms with Crippen molar-refractivity contribution in [2.75, 3.05) is 47.9 Å². The molecule has 2 aliphatic heterocycles. The zero-order valence-electron chi connectivity index (χ0n) is 18.9. The lowest BCUT2D eigenvalue weighted by Crippen LogP contribution is -2.41. The summed E-state index contributed by atoms with van der Waals surface area (Å²) in [6.45, 7) is 8.44. The van der Waals surface area contributed by atoms with Crippen molar-refractivity contribution >= 4 is 39.2 Å². The molecule has 1 saturated carbocycles. The first kappa shape index (κ1) is 21.7. The minimum absolute atomic E-state index is 0.112. The highest BCUT2D eigenvalue weighted by molar-refractivity contribution is 9.10. The summed E-state index contributed by atoms with van der Waals surface area (Å²) in [5, 5.41) is 3.07. The number of hydrogen-bond acceptors (Lipinski definition) is 5. The molecule has 7 heteroatoms. The Bertz CT molecular complexity index is 1010. The fourth-order valence-electron chi connectivity index (χ4n) is 4.94. The fraction of sp³-hybridized carbons (Fsp3) is 0.520. The molecule has 1 N–H and O–H groups in total. The van der Waals surface area contributed by atoms with E-state index in [-0.39, 0.29) is 12.0 Å². The van der Waals surface area contributed by atoms with Gasteiger partial charge in [0.15, 0.2) is 0 Å². The highest BCUT2D eigenvalue weighted by Gasteiger charge is 2.44. The van der Waals surface area contributed by atoms with Gasteiger partial charge in [-0.05, 0) is 80.8 Å². The Morgan fingerprint density at radius 1 is 1.12 bits per heavy atom. The third-order valence-corrected chi connectivity index (χ3v) is 7.58. The molecule has 5 rings (SSSR count). The molecule has 6 nitrogen and oxygen atoms in total. The molecule has 3 fully saturated rings. The van der Waals surface area contributed by atoms with Crippen molar-refractivity contribution in [1.82, 2.24) is 4.98 Å². The molecule has 32 heavy (non-hydrogen) atoms. The SMILES string of the molecule is Cc1cc(NC(=O)c2ccc(Br)cc2N2CCC3(CC2)CC3)nc(N2CCO[C@H](C)C2)c1. The zero-order chi connectivity index (χ0) is 22.3. The summed E-state index contributed by atoms with van der Waals surface area (Å²) in [5.74, 6) is 1.37. The molecule has 1 aromatic heterocycles. The van der Waals surface area contributed by atoms with E-state index in [1.54, 1.807) is 0 Å². The van der Waals surface area contributed by atoms with E-state index in [4.69, 9.17) is 9.72 Å². The van der Waals surface area contributed by atoms with Gasteiger partial charge in [0, 0.05) is 30.7 Å². The number of carbonyl (C=O) groups excluding carboxylic acids is 1. The lowest BCUT2D eigenvalue weighted by Gasteiger charge is -2.35. The minimum Gasteiger partial charge on any atom is -0.375 e. The van der Waals surface area contributed by atoms with E-state index in [0.29, 0.717) is 23.4 Å². The molecule has 1 amide bonds. The summed E-state index contributed by atoms with van der Waals surface area (Å²) in [4.78, 5) is 22.7. The number of ether oxygens (including phenoxy) is 1. The summed E-state index contributed by atoms with van der Waals surface area (Å²) in [7, 11) is 0. The predicted octanol–water partition coefficient (Wildman–Crippen LogP) is 5.01. The number of aromatic nitrogens is 1. The van der Waals surface area contributed by atoms with E-state index in [1.165, 1.54) is 25.7 Å². The molecule has 3 aliphatic rings. The number of nitrogens with one attached hydrogen (secondary N) is 1. The van der Waals surface area contributed by atoms with E-state index in [0.717, 1.165) is 47.7 Å². The quantitative estimate of drug-likeness (QED) is 0.641. The molecule has 0 bridgehead atoms. The Morgan fingerprint density at radius 2 is 1.91 bits per heavy atom. The first-order valence-electron chi connectivity index (χ1n) is 11.6. The fourth-order valence-corrected chi connectivity index (χ4v) is 5.29. The minimum atomic E-state index is -0.112. The predicted molar refractivity (Wildman–Crippen MR) is 132 cm³/mol. The molecule has 2 saturated heterocycles. The number of anilines is 3. The summed E-state index contributed by atoms with van der Waals surface area (Å²) >= 11 is 3.60. The van der Waals surface area contributed by atoms with Gasteiger partial charge in [0.2, 0.25) is 0 Å². The average molecular weight is 499 g/mol. The Labute approximate surface area is 198 Å². The van der Waals surface area contributed by atoms with Crippen LogP contribution in [0.4, 0.5) is 17.3 Å². The third-order valence-electron chi connectivity index (χ3n) is 7.09. The molecular formula is C25H31BrN4O2. The number of piperidine rings is 1. The number of aryl methyl sites for hydroxylation is 1. The Balaban J connectivity index is 1.36. The molecule has 1 spiro atoms. The first-order valence-corrected chi connectivity index (χ1v) is 12.4. The smallest absolute Gasteiger partial charge is 0.258 e. The number of benzene rings is 1. The van der Waals surface area contributed by atoms with Gasteiger partial charge in [0.1, 0.15) is 11.6 Å². The van der Waals surface area contributed by atoms with Crippen molar-refractivity contribution in [2.24, 2.45) is 5.41 Å². The summed E-state index contributed by atoms with van der Waals surface area (Å²) in [6, 6.07) is 9.93. The molecule has 0 radical (unpaired) electrons. The van der Waals surface area contributed by atoms with Crippen molar-refractivity contribution in [3.8, 4) is 0 Å². The largest absolute Gasteiger partial charge is 0.375 e. The second-order valence-corrected chi connectivity index (χ2v) is 10.5. The Kier molecular flexibility index (Phi) is 5.88. The van der Waals surface area contributed by atoms with Crippen LogP contribution in [0.2, 0.25) is 0 Å². The van der Waals surface area contributed by atoms with Gasteiger partial charge in [-0.25, -0.2) is 4.98 Å². The van der Waals surface area contributed by atoms with Crippen LogP contribution in [-0.2, 0) is 4.74 Å².